The molecule has 0 bridgehead atoms. The van der Waals surface area contributed by atoms with Gasteiger partial charge in [0.15, 0.2) is 0 Å². The molecule has 1 rings (SSSR count). The van der Waals surface area contributed by atoms with Crippen LogP contribution in [0.15, 0.2) is 6.07 Å². The number of anilines is 1. The van der Waals surface area contributed by atoms with Gasteiger partial charge in [-0.05, 0) is 45.1 Å². The molecular weight excluding hydrogens is 262 g/mol. The molecule has 3 N–H and O–H groups in total. The van der Waals surface area contributed by atoms with Gasteiger partial charge in [0.2, 0.25) is 0 Å². The van der Waals surface area contributed by atoms with Crippen LogP contribution in [0, 0.1) is 0 Å². The molecule has 1 unspecified atom stereocenters. The third-order valence-corrected chi connectivity index (χ3v) is 4.66. The lowest BCUT2D eigenvalue weighted by atomic mass is 9.96. The Kier molecular flexibility index (Phi) is 5.38. The maximum absolute atomic E-state index is 11.0. The van der Waals surface area contributed by atoms with Gasteiger partial charge in [0.25, 0.3) is 0 Å². The maximum Gasteiger partial charge on any atom is 0.338 e. The summed E-state index contributed by atoms with van der Waals surface area (Å²) in [5, 5.41) is 9.38. The van der Waals surface area contributed by atoms with Crippen LogP contribution in [0.25, 0.3) is 0 Å². The van der Waals surface area contributed by atoms with Crippen LogP contribution in [0.5, 0.6) is 0 Å². The largest absolute Gasteiger partial charge is 0.478 e. The lowest BCUT2D eigenvalue weighted by Gasteiger charge is -2.23. The molecule has 1 aromatic rings. The number of nitrogen functional groups attached to an aromatic ring is 1. The van der Waals surface area contributed by atoms with Gasteiger partial charge >= 0.3 is 5.97 Å². The van der Waals surface area contributed by atoms with E-state index in [9.17, 15) is 4.79 Å². The Balaban J connectivity index is 2.57. The van der Waals surface area contributed by atoms with Crippen molar-refractivity contribution in [2.24, 2.45) is 0 Å². The van der Waals surface area contributed by atoms with Crippen molar-refractivity contribution >= 4 is 22.3 Å². The summed E-state index contributed by atoms with van der Waals surface area (Å²) in [6.07, 6.45) is 3.04. The van der Waals surface area contributed by atoms with E-state index >= 15 is 0 Å². The minimum Gasteiger partial charge on any atom is -0.478 e. The topological polar surface area (TPSA) is 72.5 Å². The van der Waals surface area contributed by atoms with Gasteiger partial charge in [0, 0.05) is 12.0 Å². The van der Waals surface area contributed by atoms with Crippen LogP contribution < -0.4 is 5.73 Å². The Morgan fingerprint density at radius 3 is 2.68 bits per heavy atom. The number of aromatic carboxylic acids is 1. The van der Waals surface area contributed by atoms with Crippen molar-refractivity contribution in [2.45, 2.75) is 51.6 Å². The van der Waals surface area contributed by atoms with Gasteiger partial charge in [-0.3, -0.25) is 0 Å². The summed E-state index contributed by atoms with van der Waals surface area (Å²) in [5.74, 6) is -0.624. The van der Waals surface area contributed by atoms with Gasteiger partial charge in [-0.2, -0.15) is 0 Å². The van der Waals surface area contributed by atoms with Gasteiger partial charge in [0.05, 0.1) is 11.2 Å². The first-order chi connectivity index (χ1) is 8.76. The van der Waals surface area contributed by atoms with E-state index in [2.05, 4.69) is 20.8 Å². The monoisotopic (exact) mass is 285 g/mol. The van der Waals surface area contributed by atoms with Crippen molar-refractivity contribution in [1.29, 1.82) is 0 Å². The molecule has 108 valence electrons. The van der Waals surface area contributed by atoms with E-state index in [4.69, 9.17) is 15.6 Å². The van der Waals surface area contributed by atoms with E-state index in [1.165, 1.54) is 11.3 Å². The molecule has 1 atom stereocenters. The fourth-order valence-corrected chi connectivity index (χ4v) is 2.92. The van der Waals surface area contributed by atoms with Gasteiger partial charge in [0.1, 0.15) is 5.00 Å². The summed E-state index contributed by atoms with van der Waals surface area (Å²) in [7, 11) is 1.72. The number of hydrogen-bond acceptors (Lipinski definition) is 4. The van der Waals surface area contributed by atoms with E-state index in [-0.39, 0.29) is 11.2 Å². The first-order valence-electron chi connectivity index (χ1n) is 6.44. The molecular formula is C14H23NO3S. The van der Waals surface area contributed by atoms with Crippen LogP contribution in [-0.2, 0) is 4.74 Å². The van der Waals surface area contributed by atoms with Crippen molar-refractivity contribution in [2.75, 3.05) is 12.8 Å². The summed E-state index contributed by atoms with van der Waals surface area (Å²) in [6, 6.07) is 1.70. The molecule has 5 heteroatoms. The smallest absolute Gasteiger partial charge is 0.338 e. The van der Waals surface area contributed by atoms with E-state index in [1.54, 1.807) is 13.2 Å². The van der Waals surface area contributed by atoms with Crippen molar-refractivity contribution in [1.82, 2.24) is 0 Å². The number of ether oxygens (including phenoxy) is 1. The third kappa shape index (κ3) is 4.51. The molecule has 0 saturated carbocycles. The van der Waals surface area contributed by atoms with E-state index in [0.29, 0.717) is 10.9 Å². The molecule has 19 heavy (non-hydrogen) atoms. The zero-order valence-electron chi connectivity index (χ0n) is 12.0. The normalized spacial score (nSPS) is 13.5. The standard InChI is InChI=1S/C14H23NO3S/c1-9(6-5-7-14(2,3)18-4)11-8-10(13(16)17)12(15)19-11/h8-9H,5-7,15H2,1-4H3,(H,16,17). The molecule has 0 amide bonds. The Bertz CT molecular complexity index is 440. The fraction of sp³-hybridized carbons (Fsp3) is 0.643. The number of methoxy groups -OCH3 is 1. The average molecular weight is 285 g/mol. The molecule has 0 aliphatic rings. The fourth-order valence-electron chi connectivity index (χ4n) is 1.91. The van der Waals surface area contributed by atoms with Crippen molar-refractivity contribution in [3.05, 3.63) is 16.5 Å². The Morgan fingerprint density at radius 2 is 2.21 bits per heavy atom. The van der Waals surface area contributed by atoms with E-state index in [0.717, 1.165) is 24.1 Å². The Morgan fingerprint density at radius 1 is 1.58 bits per heavy atom. The SMILES string of the molecule is COC(C)(C)CCCC(C)c1cc(C(=O)O)c(N)s1. The minimum atomic E-state index is -0.951. The molecule has 0 aliphatic carbocycles. The predicted octanol–water partition coefficient (Wildman–Crippen LogP) is 3.73. The quantitative estimate of drug-likeness (QED) is 0.800. The zero-order chi connectivity index (χ0) is 14.6. The zero-order valence-corrected chi connectivity index (χ0v) is 12.8. The van der Waals surface area contributed by atoms with Crippen LogP contribution in [0.3, 0.4) is 0 Å². The van der Waals surface area contributed by atoms with Crippen LogP contribution in [-0.4, -0.2) is 23.8 Å². The number of hydrogen-bond donors (Lipinski definition) is 2. The molecule has 0 saturated heterocycles. The number of carboxylic acids is 1. The minimum absolute atomic E-state index is 0.0968. The van der Waals surface area contributed by atoms with Gasteiger partial charge in [-0.1, -0.05) is 6.92 Å². The molecule has 4 nitrogen and oxygen atoms in total. The first kappa shape index (κ1) is 16.0. The van der Waals surface area contributed by atoms with Gasteiger partial charge < -0.3 is 15.6 Å². The molecule has 1 aromatic heterocycles. The molecule has 1 heterocycles. The summed E-state index contributed by atoms with van der Waals surface area (Å²) in [6.45, 7) is 6.25. The van der Waals surface area contributed by atoms with Crippen molar-refractivity contribution < 1.29 is 14.6 Å². The van der Waals surface area contributed by atoms with Crippen LogP contribution in [0.1, 0.15) is 61.2 Å². The highest BCUT2D eigenvalue weighted by atomic mass is 32.1. The van der Waals surface area contributed by atoms with Gasteiger partial charge in [-0.25, -0.2) is 4.79 Å². The van der Waals surface area contributed by atoms with Gasteiger partial charge in [-0.15, -0.1) is 11.3 Å². The highest BCUT2D eigenvalue weighted by molar-refractivity contribution is 7.16. The van der Waals surface area contributed by atoms with Crippen LogP contribution in [0.2, 0.25) is 0 Å². The Labute approximate surface area is 118 Å². The predicted molar refractivity (Wildman–Crippen MR) is 79.0 cm³/mol. The molecule has 0 aliphatic heterocycles. The van der Waals surface area contributed by atoms with E-state index in [1.807, 2.05) is 0 Å². The van der Waals surface area contributed by atoms with Crippen molar-refractivity contribution in [3.8, 4) is 0 Å². The average Bonchev–Trinajstić information content (AvgIpc) is 2.71. The lowest BCUT2D eigenvalue weighted by molar-refractivity contribution is 0.0132. The number of carboxylic acid groups (broad SMARTS) is 1. The first-order valence-corrected chi connectivity index (χ1v) is 7.26. The molecule has 0 spiro atoms. The second-order valence-electron chi connectivity index (χ2n) is 5.49. The van der Waals surface area contributed by atoms with Crippen LogP contribution >= 0.6 is 11.3 Å². The summed E-state index contributed by atoms with van der Waals surface area (Å²) in [5.41, 5.74) is 5.85. The maximum atomic E-state index is 11.0. The number of rotatable bonds is 7. The summed E-state index contributed by atoms with van der Waals surface area (Å²) < 4.78 is 5.38. The van der Waals surface area contributed by atoms with Crippen molar-refractivity contribution in [3.63, 3.8) is 0 Å². The summed E-state index contributed by atoms with van der Waals surface area (Å²) >= 11 is 1.38. The second kappa shape index (κ2) is 6.39. The number of carbonyl (C=O) groups is 1. The second-order valence-corrected chi connectivity index (χ2v) is 6.60. The highest BCUT2D eigenvalue weighted by Gasteiger charge is 2.19. The summed E-state index contributed by atoms with van der Waals surface area (Å²) in [4.78, 5) is 12.0. The lowest BCUT2D eigenvalue weighted by Crippen LogP contribution is -2.22. The van der Waals surface area contributed by atoms with E-state index < -0.39 is 5.97 Å². The molecule has 0 radical (unpaired) electrons. The number of thiophene rings is 1. The van der Waals surface area contributed by atoms with Crippen LogP contribution in [0.4, 0.5) is 5.00 Å². The highest BCUT2D eigenvalue weighted by Crippen LogP contribution is 2.33. The third-order valence-electron chi connectivity index (χ3n) is 3.46. The molecule has 0 fully saturated rings. The Hall–Kier alpha value is -1.07. The number of nitrogens with two attached hydrogens (primary N) is 1. The molecule has 0 aromatic carbocycles.